The summed E-state index contributed by atoms with van der Waals surface area (Å²) in [5.74, 6) is 0.567. The minimum Gasteiger partial charge on any atom is -0.463 e. The Morgan fingerprint density at radius 2 is 2.47 bits per heavy atom. The number of rotatable bonds is 3. The molecule has 1 N–H and O–H groups in total. The zero-order valence-corrected chi connectivity index (χ0v) is 9.72. The molecule has 0 saturated carbocycles. The third-order valence-corrected chi connectivity index (χ3v) is 2.42. The molecule has 0 aromatic carbocycles. The van der Waals surface area contributed by atoms with Gasteiger partial charge in [0.05, 0.1) is 6.61 Å². The maximum atomic E-state index is 5.70. The van der Waals surface area contributed by atoms with Crippen molar-refractivity contribution in [3.63, 3.8) is 0 Å². The quantitative estimate of drug-likeness (QED) is 0.826. The van der Waals surface area contributed by atoms with E-state index in [1.807, 2.05) is 0 Å². The average Bonchev–Trinajstić information content (AvgIpc) is 2.67. The SMILES string of the molecule is Cl.Clc1ccnc(OCC2CCNC2)n1. The molecular formula is C9H13Cl2N3O. The van der Waals surface area contributed by atoms with Crippen LogP contribution in [0.2, 0.25) is 5.15 Å². The predicted octanol–water partition coefficient (Wildman–Crippen LogP) is 1.54. The third-order valence-electron chi connectivity index (χ3n) is 2.21. The first-order chi connectivity index (χ1) is 6.84. The van der Waals surface area contributed by atoms with Crippen molar-refractivity contribution >= 4 is 24.0 Å². The van der Waals surface area contributed by atoms with Crippen molar-refractivity contribution in [3.8, 4) is 6.01 Å². The molecule has 1 atom stereocenters. The van der Waals surface area contributed by atoms with Crippen LogP contribution < -0.4 is 10.1 Å². The molecule has 0 radical (unpaired) electrons. The van der Waals surface area contributed by atoms with Gasteiger partial charge in [0.1, 0.15) is 5.15 Å². The van der Waals surface area contributed by atoms with E-state index in [1.165, 1.54) is 0 Å². The molecule has 1 aliphatic rings. The fraction of sp³-hybridized carbons (Fsp3) is 0.556. The lowest BCUT2D eigenvalue weighted by atomic mass is 10.1. The van der Waals surface area contributed by atoms with Gasteiger partial charge < -0.3 is 10.1 Å². The molecular weight excluding hydrogens is 237 g/mol. The van der Waals surface area contributed by atoms with Crippen LogP contribution in [0.3, 0.4) is 0 Å². The Labute approximate surface area is 99.8 Å². The minimum atomic E-state index is 0. The highest BCUT2D eigenvalue weighted by atomic mass is 35.5. The molecule has 1 aromatic rings. The van der Waals surface area contributed by atoms with E-state index in [0.717, 1.165) is 19.5 Å². The second-order valence-corrected chi connectivity index (χ2v) is 3.72. The van der Waals surface area contributed by atoms with Crippen LogP contribution in [-0.2, 0) is 0 Å². The number of nitrogens with zero attached hydrogens (tertiary/aromatic N) is 2. The molecule has 2 rings (SSSR count). The minimum absolute atomic E-state index is 0. The van der Waals surface area contributed by atoms with Gasteiger partial charge >= 0.3 is 6.01 Å². The molecule has 6 heteroatoms. The lowest BCUT2D eigenvalue weighted by Gasteiger charge is -2.08. The molecule has 1 fully saturated rings. The smallest absolute Gasteiger partial charge is 0.317 e. The van der Waals surface area contributed by atoms with Crippen LogP contribution in [0, 0.1) is 5.92 Å². The van der Waals surface area contributed by atoms with Crippen LogP contribution >= 0.6 is 24.0 Å². The molecule has 1 aromatic heterocycles. The summed E-state index contributed by atoms with van der Waals surface area (Å²) in [6, 6.07) is 2.00. The van der Waals surface area contributed by atoms with Gasteiger partial charge in [-0.25, -0.2) is 4.98 Å². The van der Waals surface area contributed by atoms with Gasteiger partial charge in [-0.3, -0.25) is 0 Å². The number of aromatic nitrogens is 2. The van der Waals surface area contributed by atoms with Crippen molar-refractivity contribution in [1.82, 2.24) is 15.3 Å². The predicted molar refractivity (Wildman–Crippen MR) is 60.8 cm³/mol. The molecule has 2 heterocycles. The molecule has 1 saturated heterocycles. The van der Waals surface area contributed by atoms with Crippen molar-refractivity contribution < 1.29 is 4.74 Å². The lowest BCUT2D eigenvalue weighted by Crippen LogP contribution is -2.16. The van der Waals surface area contributed by atoms with E-state index in [1.54, 1.807) is 12.3 Å². The maximum Gasteiger partial charge on any atom is 0.317 e. The summed E-state index contributed by atoms with van der Waals surface area (Å²) in [7, 11) is 0. The Morgan fingerprint density at radius 1 is 1.60 bits per heavy atom. The highest BCUT2D eigenvalue weighted by Gasteiger charge is 2.15. The maximum absolute atomic E-state index is 5.70. The monoisotopic (exact) mass is 249 g/mol. The van der Waals surface area contributed by atoms with Crippen molar-refractivity contribution in [1.29, 1.82) is 0 Å². The van der Waals surface area contributed by atoms with E-state index < -0.39 is 0 Å². The van der Waals surface area contributed by atoms with Gasteiger partial charge in [0, 0.05) is 18.7 Å². The topological polar surface area (TPSA) is 47.0 Å². The Kier molecular flexibility index (Phi) is 5.08. The zero-order chi connectivity index (χ0) is 9.80. The molecule has 4 nitrogen and oxygen atoms in total. The standard InChI is InChI=1S/C9H12ClN3O.ClH/c10-8-2-4-12-9(13-8)14-6-7-1-3-11-5-7;/h2,4,7,11H,1,3,5-6H2;1H. The normalized spacial score (nSPS) is 19.7. The summed E-state index contributed by atoms with van der Waals surface area (Å²) in [6.07, 6.45) is 2.75. The van der Waals surface area contributed by atoms with Crippen molar-refractivity contribution in [2.24, 2.45) is 5.92 Å². The largest absolute Gasteiger partial charge is 0.463 e. The second-order valence-electron chi connectivity index (χ2n) is 3.33. The molecule has 0 amide bonds. The summed E-state index contributed by atoms with van der Waals surface area (Å²) < 4.78 is 5.42. The number of halogens is 2. The Balaban J connectivity index is 0.00000112. The Hall–Kier alpha value is -0.580. The van der Waals surface area contributed by atoms with Gasteiger partial charge in [-0.2, -0.15) is 4.98 Å². The van der Waals surface area contributed by atoms with Crippen molar-refractivity contribution in [2.75, 3.05) is 19.7 Å². The first kappa shape index (κ1) is 12.5. The molecule has 1 unspecified atom stereocenters. The van der Waals surface area contributed by atoms with Crippen LogP contribution in [0.15, 0.2) is 12.3 Å². The first-order valence-electron chi connectivity index (χ1n) is 4.66. The fourth-order valence-electron chi connectivity index (χ4n) is 1.44. The Bertz CT molecular complexity index is 305. The van der Waals surface area contributed by atoms with Crippen molar-refractivity contribution in [2.45, 2.75) is 6.42 Å². The van der Waals surface area contributed by atoms with Gasteiger partial charge in [0.15, 0.2) is 0 Å². The van der Waals surface area contributed by atoms with Gasteiger partial charge in [0.2, 0.25) is 0 Å². The van der Waals surface area contributed by atoms with Gasteiger partial charge in [-0.05, 0) is 19.0 Å². The van der Waals surface area contributed by atoms with Crippen LogP contribution in [0.5, 0.6) is 6.01 Å². The average molecular weight is 250 g/mol. The fourth-order valence-corrected chi connectivity index (χ4v) is 1.57. The van der Waals surface area contributed by atoms with E-state index in [0.29, 0.717) is 23.7 Å². The van der Waals surface area contributed by atoms with Crippen LogP contribution in [0.25, 0.3) is 0 Å². The van der Waals surface area contributed by atoms with Gasteiger partial charge in [-0.1, -0.05) is 11.6 Å². The third kappa shape index (κ3) is 3.81. The lowest BCUT2D eigenvalue weighted by molar-refractivity contribution is 0.241. The summed E-state index contributed by atoms with van der Waals surface area (Å²) in [5.41, 5.74) is 0. The van der Waals surface area contributed by atoms with E-state index in [2.05, 4.69) is 15.3 Å². The number of ether oxygens (including phenoxy) is 1. The van der Waals surface area contributed by atoms with E-state index in [-0.39, 0.29) is 12.4 Å². The molecule has 0 aliphatic carbocycles. The first-order valence-corrected chi connectivity index (χ1v) is 5.04. The Morgan fingerprint density at radius 3 is 3.13 bits per heavy atom. The second kappa shape index (κ2) is 6.10. The van der Waals surface area contributed by atoms with Crippen LogP contribution in [0.1, 0.15) is 6.42 Å². The molecule has 84 valence electrons. The summed E-state index contributed by atoms with van der Waals surface area (Å²) in [6.45, 7) is 2.75. The summed E-state index contributed by atoms with van der Waals surface area (Å²) in [5, 5.41) is 3.69. The van der Waals surface area contributed by atoms with Crippen LogP contribution in [0.4, 0.5) is 0 Å². The molecule has 0 spiro atoms. The highest BCUT2D eigenvalue weighted by molar-refractivity contribution is 6.29. The zero-order valence-electron chi connectivity index (χ0n) is 8.15. The molecule has 1 aliphatic heterocycles. The number of hydrogen-bond donors (Lipinski definition) is 1. The molecule has 0 bridgehead atoms. The van der Waals surface area contributed by atoms with E-state index >= 15 is 0 Å². The number of nitrogens with one attached hydrogen (secondary N) is 1. The van der Waals surface area contributed by atoms with Crippen molar-refractivity contribution in [3.05, 3.63) is 17.4 Å². The van der Waals surface area contributed by atoms with E-state index in [9.17, 15) is 0 Å². The summed E-state index contributed by atoms with van der Waals surface area (Å²) >= 11 is 5.70. The van der Waals surface area contributed by atoms with Gasteiger partial charge in [-0.15, -0.1) is 12.4 Å². The highest BCUT2D eigenvalue weighted by Crippen LogP contribution is 2.11. The summed E-state index contributed by atoms with van der Waals surface area (Å²) in [4.78, 5) is 7.91. The van der Waals surface area contributed by atoms with Gasteiger partial charge in [0.25, 0.3) is 0 Å². The van der Waals surface area contributed by atoms with E-state index in [4.69, 9.17) is 16.3 Å². The number of hydrogen-bond acceptors (Lipinski definition) is 4. The molecule has 15 heavy (non-hydrogen) atoms. The van der Waals surface area contributed by atoms with Crippen LogP contribution in [-0.4, -0.2) is 29.7 Å².